The third-order valence-electron chi connectivity index (χ3n) is 3.58. The van der Waals surface area contributed by atoms with Gasteiger partial charge in [-0.3, -0.25) is 0 Å². The zero-order chi connectivity index (χ0) is 15.4. The molecule has 0 saturated carbocycles. The van der Waals surface area contributed by atoms with Crippen molar-refractivity contribution in [2.75, 3.05) is 5.75 Å². The number of hydrogen-bond acceptors (Lipinski definition) is 2. The van der Waals surface area contributed by atoms with E-state index in [1.807, 2.05) is 24.3 Å². The number of nitrogens with two attached hydrogens (primary N) is 1. The third-order valence-corrected chi connectivity index (χ3v) is 5.04. The Morgan fingerprint density at radius 3 is 2.19 bits per heavy atom. The SMILES string of the molecule is Cc1cc(C)c(CC(N)CSc2ccc(Cl)cc2)c(C)c1. The van der Waals surface area contributed by atoms with Gasteiger partial charge in [-0.25, -0.2) is 0 Å². The van der Waals surface area contributed by atoms with Gasteiger partial charge in [0.2, 0.25) is 0 Å². The molecule has 0 amide bonds. The average Bonchev–Trinajstić information content (AvgIpc) is 2.42. The summed E-state index contributed by atoms with van der Waals surface area (Å²) in [6.45, 7) is 6.49. The number of rotatable bonds is 5. The van der Waals surface area contributed by atoms with Crippen LogP contribution >= 0.6 is 23.4 Å². The van der Waals surface area contributed by atoms with Crippen molar-refractivity contribution in [2.45, 2.75) is 38.1 Å². The Labute approximate surface area is 136 Å². The summed E-state index contributed by atoms with van der Waals surface area (Å²) in [5.74, 6) is 0.911. The lowest BCUT2D eigenvalue weighted by Gasteiger charge is -2.16. The van der Waals surface area contributed by atoms with Crippen molar-refractivity contribution in [3.05, 3.63) is 63.7 Å². The van der Waals surface area contributed by atoms with E-state index >= 15 is 0 Å². The number of benzene rings is 2. The molecule has 1 unspecified atom stereocenters. The average molecular weight is 320 g/mol. The largest absolute Gasteiger partial charge is 0.327 e. The van der Waals surface area contributed by atoms with Gasteiger partial charge >= 0.3 is 0 Å². The molecule has 0 fully saturated rings. The Hall–Kier alpha value is -0.960. The Bertz CT molecular complexity index is 584. The van der Waals surface area contributed by atoms with Gasteiger partial charge in [-0.1, -0.05) is 29.3 Å². The van der Waals surface area contributed by atoms with Gasteiger partial charge in [-0.15, -0.1) is 11.8 Å². The molecule has 0 spiro atoms. The monoisotopic (exact) mass is 319 g/mol. The van der Waals surface area contributed by atoms with Gasteiger partial charge in [0.05, 0.1) is 0 Å². The maximum atomic E-state index is 6.31. The van der Waals surface area contributed by atoms with Crippen molar-refractivity contribution in [3.8, 4) is 0 Å². The Balaban J connectivity index is 1.96. The number of aryl methyl sites for hydroxylation is 3. The fourth-order valence-corrected chi connectivity index (χ4v) is 3.57. The molecule has 2 aromatic rings. The van der Waals surface area contributed by atoms with Crippen molar-refractivity contribution in [1.29, 1.82) is 0 Å². The summed E-state index contributed by atoms with van der Waals surface area (Å²) in [5, 5.41) is 0.773. The molecule has 2 N–H and O–H groups in total. The molecule has 2 rings (SSSR count). The van der Waals surface area contributed by atoms with E-state index in [2.05, 4.69) is 32.9 Å². The van der Waals surface area contributed by atoms with Crippen LogP contribution in [0.15, 0.2) is 41.3 Å². The normalized spacial score (nSPS) is 12.4. The lowest BCUT2D eigenvalue weighted by molar-refractivity contribution is 0.741. The van der Waals surface area contributed by atoms with E-state index in [1.165, 1.54) is 27.1 Å². The molecule has 0 saturated heterocycles. The second-order valence-corrected chi connectivity index (χ2v) is 7.14. The van der Waals surface area contributed by atoms with Crippen LogP contribution in [0.5, 0.6) is 0 Å². The summed E-state index contributed by atoms with van der Waals surface area (Å²) in [6, 6.07) is 12.6. The van der Waals surface area contributed by atoms with Crippen LogP contribution in [0.3, 0.4) is 0 Å². The van der Waals surface area contributed by atoms with Crippen LogP contribution in [0.1, 0.15) is 22.3 Å². The minimum atomic E-state index is 0.158. The Kier molecular flexibility index (Phi) is 5.74. The first-order chi connectivity index (χ1) is 9.95. The molecule has 0 aliphatic heterocycles. The predicted octanol–water partition coefficient (Wildman–Crippen LogP) is 4.93. The molecule has 112 valence electrons. The second-order valence-electron chi connectivity index (χ2n) is 5.61. The van der Waals surface area contributed by atoms with E-state index in [9.17, 15) is 0 Å². The molecule has 0 radical (unpaired) electrons. The van der Waals surface area contributed by atoms with Crippen LogP contribution in [0.2, 0.25) is 5.02 Å². The summed E-state index contributed by atoms with van der Waals surface area (Å²) in [6.07, 6.45) is 0.929. The van der Waals surface area contributed by atoms with Crippen LogP contribution in [-0.4, -0.2) is 11.8 Å². The van der Waals surface area contributed by atoms with Crippen LogP contribution < -0.4 is 5.73 Å². The van der Waals surface area contributed by atoms with Crippen molar-refractivity contribution >= 4 is 23.4 Å². The van der Waals surface area contributed by atoms with Gasteiger partial charge in [-0.05, 0) is 68.1 Å². The molecule has 3 heteroatoms. The standard InChI is InChI=1S/C18H22ClNS/c1-12-8-13(2)18(14(3)9-12)10-16(20)11-21-17-6-4-15(19)5-7-17/h4-9,16H,10-11,20H2,1-3H3. The highest BCUT2D eigenvalue weighted by Crippen LogP contribution is 2.23. The van der Waals surface area contributed by atoms with Crippen molar-refractivity contribution < 1.29 is 0 Å². The molecule has 1 nitrogen and oxygen atoms in total. The van der Waals surface area contributed by atoms with E-state index < -0.39 is 0 Å². The van der Waals surface area contributed by atoms with Gasteiger partial charge in [0, 0.05) is 21.7 Å². The highest BCUT2D eigenvalue weighted by atomic mass is 35.5. The number of hydrogen-bond donors (Lipinski definition) is 1. The summed E-state index contributed by atoms with van der Waals surface area (Å²) >= 11 is 7.68. The van der Waals surface area contributed by atoms with Gasteiger partial charge < -0.3 is 5.73 Å². The summed E-state index contributed by atoms with van der Waals surface area (Å²) in [5.41, 5.74) is 11.7. The van der Waals surface area contributed by atoms with Gasteiger partial charge in [-0.2, -0.15) is 0 Å². The zero-order valence-corrected chi connectivity index (χ0v) is 14.4. The lowest BCUT2D eigenvalue weighted by atomic mass is 9.95. The number of thioether (sulfide) groups is 1. The first-order valence-electron chi connectivity index (χ1n) is 7.16. The highest BCUT2D eigenvalue weighted by Gasteiger charge is 2.10. The van der Waals surface area contributed by atoms with Gasteiger partial charge in [0.1, 0.15) is 0 Å². The van der Waals surface area contributed by atoms with Crippen LogP contribution in [0.4, 0.5) is 0 Å². The van der Waals surface area contributed by atoms with Crippen LogP contribution in [-0.2, 0) is 6.42 Å². The quantitative estimate of drug-likeness (QED) is 0.791. The Morgan fingerprint density at radius 1 is 1.05 bits per heavy atom. The van der Waals surface area contributed by atoms with Crippen molar-refractivity contribution in [1.82, 2.24) is 0 Å². The van der Waals surface area contributed by atoms with Crippen molar-refractivity contribution in [3.63, 3.8) is 0 Å². The summed E-state index contributed by atoms with van der Waals surface area (Å²) in [4.78, 5) is 1.22. The predicted molar refractivity (Wildman–Crippen MR) is 94.5 cm³/mol. The fraction of sp³-hybridized carbons (Fsp3) is 0.333. The maximum Gasteiger partial charge on any atom is 0.0406 e. The van der Waals surface area contributed by atoms with Crippen LogP contribution in [0.25, 0.3) is 0 Å². The molecule has 0 aliphatic rings. The lowest BCUT2D eigenvalue weighted by Crippen LogP contribution is -2.26. The summed E-state index contributed by atoms with van der Waals surface area (Å²) in [7, 11) is 0. The number of halogens is 1. The molecular formula is C18H22ClNS. The molecule has 2 aromatic carbocycles. The van der Waals surface area contributed by atoms with E-state index in [-0.39, 0.29) is 6.04 Å². The summed E-state index contributed by atoms with van der Waals surface area (Å²) < 4.78 is 0. The molecule has 0 bridgehead atoms. The molecule has 1 atom stereocenters. The van der Waals surface area contributed by atoms with E-state index in [4.69, 9.17) is 17.3 Å². The maximum absolute atomic E-state index is 6.31. The van der Waals surface area contributed by atoms with Crippen LogP contribution in [0, 0.1) is 20.8 Å². The topological polar surface area (TPSA) is 26.0 Å². The molecule has 0 heterocycles. The second kappa shape index (κ2) is 7.35. The smallest absolute Gasteiger partial charge is 0.0406 e. The first kappa shape index (κ1) is 16.4. The fourth-order valence-electron chi connectivity index (χ4n) is 2.59. The molecule has 0 aliphatic carbocycles. The van der Waals surface area contributed by atoms with Gasteiger partial charge in [0.15, 0.2) is 0 Å². The zero-order valence-electron chi connectivity index (χ0n) is 12.8. The third kappa shape index (κ3) is 4.77. The molecule has 21 heavy (non-hydrogen) atoms. The van der Waals surface area contributed by atoms with Crippen molar-refractivity contribution in [2.24, 2.45) is 5.73 Å². The van der Waals surface area contributed by atoms with Gasteiger partial charge in [0.25, 0.3) is 0 Å². The minimum Gasteiger partial charge on any atom is -0.327 e. The molecule has 0 aromatic heterocycles. The Morgan fingerprint density at radius 2 is 1.62 bits per heavy atom. The first-order valence-corrected chi connectivity index (χ1v) is 8.52. The molecular weight excluding hydrogens is 298 g/mol. The van der Waals surface area contributed by atoms with E-state index in [0.29, 0.717) is 0 Å². The minimum absolute atomic E-state index is 0.158. The highest BCUT2D eigenvalue weighted by molar-refractivity contribution is 7.99. The van der Waals surface area contributed by atoms with E-state index in [1.54, 1.807) is 11.8 Å². The van der Waals surface area contributed by atoms with E-state index in [0.717, 1.165) is 17.2 Å².